The van der Waals surface area contributed by atoms with Gasteiger partial charge in [0.05, 0.1) is 30.6 Å². The molecule has 2 aliphatic heterocycles. The van der Waals surface area contributed by atoms with E-state index in [0.717, 1.165) is 25.7 Å². The number of carbonyl (C=O) groups excluding carboxylic acids is 4. The molecule has 3 saturated carbocycles. The Morgan fingerprint density at radius 2 is 1.83 bits per heavy atom. The Labute approximate surface area is 334 Å². The van der Waals surface area contributed by atoms with Gasteiger partial charge in [-0.15, -0.1) is 0 Å². The summed E-state index contributed by atoms with van der Waals surface area (Å²) in [6.07, 6.45) is -1.85. The molecular weight excluding hydrogens is 786 g/mol. The Bertz CT molecular complexity index is 2080. The summed E-state index contributed by atoms with van der Waals surface area (Å²) in [5, 5.41) is 2.38. The number of alkyl halides is 3. The average molecular weight is 837 g/mol. The number of alkyl carbamates (subject to hydrolysis) is 1. The van der Waals surface area contributed by atoms with E-state index in [9.17, 15) is 40.8 Å². The number of rotatable bonds is 8. The van der Waals surface area contributed by atoms with Crippen molar-refractivity contribution in [1.82, 2.24) is 30.2 Å². The van der Waals surface area contributed by atoms with Crippen molar-refractivity contribution >= 4 is 44.9 Å². The van der Waals surface area contributed by atoms with E-state index in [1.165, 1.54) is 12.0 Å². The van der Waals surface area contributed by atoms with Crippen LogP contribution >= 0.6 is 0 Å². The Morgan fingerprint density at radius 1 is 1.09 bits per heavy atom. The predicted molar refractivity (Wildman–Crippen MR) is 202 cm³/mol. The van der Waals surface area contributed by atoms with Gasteiger partial charge in [0.1, 0.15) is 41.3 Å². The maximum atomic E-state index is 14.8. The number of amides is 4. The Kier molecular flexibility index (Phi) is 11.0. The average Bonchev–Trinajstić information content (AvgIpc) is 4.11. The van der Waals surface area contributed by atoms with Crippen molar-refractivity contribution in [3.05, 3.63) is 23.9 Å². The highest BCUT2D eigenvalue weighted by Gasteiger charge is 2.68. The van der Waals surface area contributed by atoms with Crippen LogP contribution in [0.4, 0.5) is 18.0 Å². The predicted octanol–water partition coefficient (Wildman–Crippen LogP) is 4.31. The second-order valence-corrected chi connectivity index (χ2v) is 19.3. The molecule has 8 atom stereocenters. The van der Waals surface area contributed by atoms with Crippen molar-refractivity contribution in [2.45, 2.75) is 133 Å². The SMILES string of the molecule is CCC1C2CN(C(=O)C(C(C)(C)C)NC(=O)OC3CC3CCCCCc3nc4ccc(OC)cc4nc3O2)C1C(=O)NC1(C(=O)NS(=O)(=O)C2(F)CC2)CC1C(F)F. The van der Waals surface area contributed by atoms with Crippen molar-refractivity contribution in [2.24, 2.45) is 23.2 Å². The lowest BCUT2D eigenvalue weighted by atomic mass is 9.85. The molecule has 1 aromatic carbocycles. The molecule has 0 radical (unpaired) electrons. The number of halogens is 3. The molecule has 3 aliphatic carbocycles. The highest BCUT2D eigenvalue weighted by atomic mass is 32.2. The summed E-state index contributed by atoms with van der Waals surface area (Å²) in [6.45, 7) is 6.68. The van der Waals surface area contributed by atoms with Gasteiger partial charge in [0, 0.05) is 24.8 Å². The summed E-state index contributed by atoms with van der Waals surface area (Å²) in [7, 11) is -3.39. The van der Waals surface area contributed by atoms with Crippen LogP contribution in [-0.2, 0) is 35.6 Å². The lowest BCUT2D eigenvalue weighted by Crippen LogP contribution is -2.61. The van der Waals surface area contributed by atoms with E-state index >= 15 is 0 Å². The van der Waals surface area contributed by atoms with E-state index in [0.29, 0.717) is 35.3 Å². The van der Waals surface area contributed by atoms with Gasteiger partial charge in [0.15, 0.2) is 0 Å². The van der Waals surface area contributed by atoms with Gasteiger partial charge in [-0.25, -0.2) is 41.1 Å². The number of nitrogens with zero attached hydrogens (tertiary/aromatic N) is 3. The van der Waals surface area contributed by atoms with Crippen LogP contribution in [0.25, 0.3) is 11.0 Å². The molecule has 2 bridgehead atoms. The molecule has 4 amide bonds. The number of benzene rings is 1. The Hall–Kier alpha value is -4.42. The summed E-state index contributed by atoms with van der Waals surface area (Å²) in [4.78, 5) is 67.1. The lowest BCUT2D eigenvalue weighted by molar-refractivity contribution is -0.144. The van der Waals surface area contributed by atoms with E-state index in [-0.39, 0.29) is 43.7 Å². The molecule has 318 valence electrons. The van der Waals surface area contributed by atoms with Crippen molar-refractivity contribution < 1.29 is 55.0 Å². The number of hydrogen-bond acceptors (Lipinski definition) is 11. The molecule has 5 aliphatic rings. The van der Waals surface area contributed by atoms with E-state index < -0.39 is 92.7 Å². The van der Waals surface area contributed by atoms with Gasteiger partial charge in [-0.2, -0.15) is 0 Å². The number of sulfonamides is 1. The largest absolute Gasteiger partial charge is 0.497 e. The second kappa shape index (κ2) is 15.3. The van der Waals surface area contributed by atoms with Crippen LogP contribution in [0.5, 0.6) is 11.6 Å². The number of fused-ring (bicyclic) bond motifs is 5. The first-order valence-electron chi connectivity index (χ1n) is 20.0. The molecular formula is C39H51F3N6O9S. The van der Waals surface area contributed by atoms with Gasteiger partial charge in [-0.3, -0.25) is 14.4 Å². The van der Waals surface area contributed by atoms with Crippen molar-refractivity contribution in [2.75, 3.05) is 13.7 Å². The fourth-order valence-electron chi connectivity index (χ4n) is 8.30. The van der Waals surface area contributed by atoms with Crippen LogP contribution < -0.4 is 24.8 Å². The summed E-state index contributed by atoms with van der Waals surface area (Å²) in [5.41, 5.74) is -1.72. The Morgan fingerprint density at radius 3 is 2.47 bits per heavy atom. The summed E-state index contributed by atoms with van der Waals surface area (Å²) in [6, 6.07) is 2.54. The van der Waals surface area contributed by atoms with Gasteiger partial charge < -0.3 is 29.7 Å². The summed E-state index contributed by atoms with van der Waals surface area (Å²) >= 11 is 0. The van der Waals surface area contributed by atoms with Crippen molar-refractivity contribution in [3.63, 3.8) is 0 Å². The van der Waals surface area contributed by atoms with Gasteiger partial charge >= 0.3 is 6.09 Å². The van der Waals surface area contributed by atoms with Gasteiger partial charge in [-0.05, 0) is 62.0 Å². The fraction of sp³-hybridized carbons (Fsp3) is 0.692. The molecule has 1 aromatic heterocycles. The fourth-order valence-corrected chi connectivity index (χ4v) is 9.55. The van der Waals surface area contributed by atoms with E-state index in [4.69, 9.17) is 24.2 Å². The minimum atomic E-state index is -4.91. The minimum absolute atomic E-state index is 0.177. The smallest absolute Gasteiger partial charge is 0.408 e. The topological polar surface area (TPSA) is 195 Å². The van der Waals surface area contributed by atoms with Crippen LogP contribution in [0.3, 0.4) is 0 Å². The van der Waals surface area contributed by atoms with Crippen molar-refractivity contribution in [1.29, 1.82) is 0 Å². The molecule has 7 rings (SSSR count). The number of ether oxygens (including phenoxy) is 3. The zero-order valence-electron chi connectivity index (χ0n) is 33.2. The second-order valence-electron chi connectivity index (χ2n) is 17.4. The number of nitrogens with one attached hydrogen (secondary N) is 3. The quantitative estimate of drug-likeness (QED) is 0.343. The zero-order chi connectivity index (χ0) is 41.9. The highest BCUT2D eigenvalue weighted by Crippen LogP contribution is 2.50. The lowest BCUT2D eigenvalue weighted by Gasteiger charge is -2.36. The molecule has 2 aromatic rings. The van der Waals surface area contributed by atoms with Gasteiger partial charge in [0.2, 0.25) is 29.1 Å². The molecule has 0 spiro atoms. The zero-order valence-corrected chi connectivity index (χ0v) is 34.0. The van der Waals surface area contributed by atoms with Crippen LogP contribution in [0.15, 0.2) is 18.2 Å². The molecule has 58 heavy (non-hydrogen) atoms. The number of carbonyl (C=O) groups is 4. The summed E-state index contributed by atoms with van der Waals surface area (Å²) < 4.78 is 88.0. The first-order valence-corrected chi connectivity index (χ1v) is 21.4. The Balaban J connectivity index is 1.27. The first kappa shape index (κ1) is 41.7. The molecule has 8 unspecified atom stereocenters. The number of hydrogen-bond donors (Lipinski definition) is 3. The third-order valence-electron chi connectivity index (χ3n) is 12.2. The third kappa shape index (κ3) is 8.11. The van der Waals surface area contributed by atoms with E-state index in [1.807, 2.05) is 0 Å². The van der Waals surface area contributed by atoms with Crippen LogP contribution in [-0.4, -0.2) is 102 Å². The summed E-state index contributed by atoms with van der Waals surface area (Å²) in [5.74, 6) is -4.96. The molecule has 1 saturated heterocycles. The maximum absolute atomic E-state index is 14.8. The van der Waals surface area contributed by atoms with Crippen LogP contribution in [0, 0.1) is 23.2 Å². The maximum Gasteiger partial charge on any atom is 0.408 e. The monoisotopic (exact) mass is 836 g/mol. The minimum Gasteiger partial charge on any atom is -0.497 e. The van der Waals surface area contributed by atoms with E-state index in [2.05, 4.69) is 10.6 Å². The van der Waals surface area contributed by atoms with Gasteiger partial charge in [-0.1, -0.05) is 40.5 Å². The number of aryl methyl sites for hydroxylation is 1. The van der Waals surface area contributed by atoms with Crippen LogP contribution in [0.1, 0.15) is 91.2 Å². The van der Waals surface area contributed by atoms with Gasteiger partial charge in [0.25, 0.3) is 15.9 Å². The molecule has 15 nitrogen and oxygen atoms in total. The molecule has 3 heterocycles. The van der Waals surface area contributed by atoms with Crippen molar-refractivity contribution in [3.8, 4) is 11.6 Å². The highest BCUT2D eigenvalue weighted by molar-refractivity contribution is 7.91. The number of aromatic nitrogens is 2. The first-order chi connectivity index (χ1) is 27.3. The normalized spacial score (nSPS) is 31.1. The number of methoxy groups -OCH3 is 1. The molecule has 3 N–H and O–H groups in total. The van der Waals surface area contributed by atoms with E-state index in [1.54, 1.807) is 50.6 Å². The molecule has 19 heteroatoms. The standard InChI is InChI=1S/C39H51F3N6O9S/c1-6-22-28-19-48(29(22)32(49)46-39(18-23(39)31(40)41)35(51)47-58(53,54)38(42)14-15-38)34(50)30(37(2,3)4)45-36(52)57-27-16-20(27)10-8-7-9-11-25-33(56-28)44-26-17-21(55-5)12-13-24(26)43-25/h12-13,17,20,22-23,27-31H,6-11,14-16,18-19H2,1-5H3,(H,45,52)(H,46,49)(H,47,51). The molecule has 4 fully saturated rings. The third-order valence-corrected chi connectivity index (χ3v) is 14.0. The van der Waals surface area contributed by atoms with Crippen LogP contribution in [0.2, 0.25) is 0 Å².